The largest absolute Gasteiger partial charge is 0.494 e. The number of ether oxygens (including phenoxy) is 1. The first-order chi connectivity index (χ1) is 16.4. The van der Waals surface area contributed by atoms with Gasteiger partial charge >= 0.3 is 0 Å². The lowest BCUT2D eigenvalue weighted by Crippen LogP contribution is -2.27. The van der Waals surface area contributed by atoms with E-state index in [0.29, 0.717) is 24.9 Å². The molecule has 0 unspecified atom stereocenters. The number of hydrogen-bond donors (Lipinski definition) is 0. The number of hydrogen-bond acceptors (Lipinski definition) is 4. The monoisotopic (exact) mass is 462 g/mol. The van der Waals surface area contributed by atoms with Crippen molar-refractivity contribution in [3.63, 3.8) is 0 Å². The van der Waals surface area contributed by atoms with Gasteiger partial charge in [-0.05, 0) is 49.8 Å². The molecule has 34 heavy (non-hydrogen) atoms. The molecular formula is C28H38N4O2. The van der Waals surface area contributed by atoms with Crippen LogP contribution in [-0.4, -0.2) is 34.1 Å². The first-order valence-electron chi connectivity index (χ1n) is 12.8. The SMILES string of the molecule is CCOc1ccnc(Cc2cc3cc(N(C)C(=O)CC(C)C)cnc3n2CC2CCCCC2)c1. The van der Waals surface area contributed by atoms with Crippen molar-refractivity contribution in [1.82, 2.24) is 14.5 Å². The molecule has 3 aromatic heterocycles. The van der Waals surface area contributed by atoms with Crippen LogP contribution in [0.5, 0.6) is 5.75 Å². The molecule has 4 rings (SSSR count). The number of rotatable bonds is 9. The van der Waals surface area contributed by atoms with Crippen LogP contribution in [0.15, 0.2) is 36.7 Å². The molecule has 1 amide bonds. The summed E-state index contributed by atoms with van der Waals surface area (Å²) in [5, 5.41) is 1.08. The standard InChI is InChI=1S/C28H38N4O2/c1-5-34-26-11-12-29-23(17-26)16-24-14-22-15-25(31(4)27(33)13-20(2)3)18-30-28(22)32(24)19-21-9-7-6-8-10-21/h11-12,14-15,17-18,20-21H,5-10,13,16,19H2,1-4H3. The van der Waals surface area contributed by atoms with E-state index in [9.17, 15) is 4.79 Å². The second-order valence-corrected chi connectivity index (χ2v) is 10.0. The summed E-state index contributed by atoms with van der Waals surface area (Å²) >= 11 is 0. The molecule has 0 bridgehead atoms. The van der Waals surface area contributed by atoms with Crippen molar-refractivity contribution < 1.29 is 9.53 Å². The average molecular weight is 463 g/mol. The summed E-state index contributed by atoms with van der Waals surface area (Å²) in [4.78, 5) is 23.8. The third-order valence-electron chi connectivity index (χ3n) is 6.78. The van der Waals surface area contributed by atoms with Crippen LogP contribution in [-0.2, 0) is 17.8 Å². The first-order valence-corrected chi connectivity index (χ1v) is 12.8. The van der Waals surface area contributed by atoms with Gasteiger partial charge in [0.15, 0.2) is 0 Å². The van der Waals surface area contributed by atoms with Crippen LogP contribution >= 0.6 is 0 Å². The lowest BCUT2D eigenvalue weighted by molar-refractivity contribution is -0.119. The van der Waals surface area contributed by atoms with E-state index in [1.807, 2.05) is 38.5 Å². The minimum Gasteiger partial charge on any atom is -0.494 e. The molecule has 1 aliphatic rings. The van der Waals surface area contributed by atoms with Crippen molar-refractivity contribution in [2.75, 3.05) is 18.6 Å². The number of anilines is 1. The predicted octanol–water partition coefficient (Wildman–Crippen LogP) is 6.01. The first kappa shape index (κ1) is 24.2. The second kappa shape index (κ2) is 11.0. The van der Waals surface area contributed by atoms with E-state index in [0.717, 1.165) is 41.1 Å². The van der Waals surface area contributed by atoms with Gasteiger partial charge in [-0.2, -0.15) is 0 Å². The summed E-state index contributed by atoms with van der Waals surface area (Å²) in [6.45, 7) is 7.76. The minimum absolute atomic E-state index is 0.120. The third kappa shape index (κ3) is 5.78. The van der Waals surface area contributed by atoms with Gasteiger partial charge in [0.1, 0.15) is 11.4 Å². The van der Waals surface area contributed by atoms with Gasteiger partial charge < -0.3 is 14.2 Å². The molecule has 6 nitrogen and oxygen atoms in total. The summed E-state index contributed by atoms with van der Waals surface area (Å²) in [7, 11) is 1.84. The number of carbonyl (C=O) groups excluding carboxylic acids is 1. The van der Waals surface area contributed by atoms with Crippen LogP contribution in [0.4, 0.5) is 5.69 Å². The van der Waals surface area contributed by atoms with Gasteiger partial charge in [0, 0.05) is 55.5 Å². The molecule has 0 radical (unpaired) electrons. The molecule has 6 heteroatoms. The van der Waals surface area contributed by atoms with E-state index >= 15 is 0 Å². The summed E-state index contributed by atoms with van der Waals surface area (Å²) in [5.41, 5.74) is 4.04. The summed E-state index contributed by atoms with van der Waals surface area (Å²) < 4.78 is 8.08. The number of amides is 1. The fourth-order valence-corrected chi connectivity index (χ4v) is 4.97. The molecule has 1 saturated carbocycles. The smallest absolute Gasteiger partial charge is 0.227 e. The van der Waals surface area contributed by atoms with Crippen LogP contribution in [0.25, 0.3) is 11.0 Å². The Labute approximate surface area is 203 Å². The van der Waals surface area contributed by atoms with E-state index in [-0.39, 0.29) is 5.91 Å². The van der Waals surface area contributed by atoms with Gasteiger partial charge in [0.2, 0.25) is 5.91 Å². The van der Waals surface area contributed by atoms with Crippen LogP contribution in [0.2, 0.25) is 0 Å². The Morgan fingerprint density at radius 1 is 1.18 bits per heavy atom. The minimum atomic E-state index is 0.120. The lowest BCUT2D eigenvalue weighted by atomic mass is 9.89. The van der Waals surface area contributed by atoms with Crippen LogP contribution in [0.3, 0.4) is 0 Å². The Morgan fingerprint density at radius 2 is 1.97 bits per heavy atom. The molecule has 182 valence electrons. The van der Waals surface area contributed by atoms with Gasteiger partial charge in [-0.25, -0.2) is 4.98 Å². The van der Waals surface area contributed by atoms with E-state index in [1.54, 1.807) is 4.90 Å². The highest BCUT2D eigenvalue weighted by Crippen LogP contribution is 2.30. The Hall–Kier alpha value is -2.89. The van der Waals surface area contributed by atoms with E-state index in [4.69, 9.17) is 9.72 Å². The fourth-order valence-electron chi connectivity index (χ4n) is 4.97. The van der Waals surface area contributed by atoms with Crippen LogP contribution in [0.1, 0.15) is 70.7 Å². The molecule has 0 atom stereocenters. The summed E-state index contributed by atoms with van der Waals surface area (Å²) in [6.07, 6.45) is 11.5. The molecule has 0 aliphatic heterocycles. The Kier molecular flexibility index (Phi) is 7.86. The van der Waals surface area contributed by atoms with Gasteiger partial charge in [-0.3, -0.25) is 9.78 Å². The quantitative estimate of drug-likeness (QED) is 0.391. The normalized spacial score (nSPS) is 14.6. The van der Waals surface area contributed by atoms with E-state index in [2.05, 4.69) is 35.5 Å². The molecule has 0 aromatic carbocycles. The van der Waals surface area contributed by atoms with Crippen molar-refractivity contribution in [3.8, 4) is 5.75 Å². The van der Waals surface area contributed by atoms with E-state index in [1.165, 1.54) is 37.8 Å². The topological polar surface area (TPSA) is 60.2 Å². The maximum Gasteiger partial charge on any atom is 0.227 e. The van der Waals surface area contributed by atoms with Gasteiger partial charge in [-0.1, -0.05) is 33.1 Å². The molecule has 0 N–H and O–H groups in total. The maximum absolute atomic E-state index is 12.6. The third-order valence-corrected chi connectivity index (χ3v) is 6.78. The number of nitrogens with zero attached hydrogens (tertiary/aromatic N) is 4. The zero-order valence-electron chi connectivity index (χ0n) is 21.1. The second-order valence-electron chi connectivity index (χ2n) is 10.0. The molecular weight excluding hydrogens is 424 g/mol. The number of carbonyl (C=O) groups is 1. The number of pyridine rings is 2. The Balaban J connectivity index is 1.67. The Bertz CT molecular complexity index is 1110. The zero-order chi connectivity index (χ0) is 24.1. The van der Waals surface area contributed by atoms with E-state index < -0.39 is 0 Å². The summed E-state index contributed by atoms with van der Waals surface area (Å²) in [5.74, 6) is 1.99. The van der Waals surface area contributed by atoms with Gasteiger partial charge in [0.05, 0.1) is 18.5 Å². The molecule has 0 saturated heterocycles. The highest BCUT2D eigenvalue weighted by Gasteiger charge is 2.20. The molecule has 1 fully saturated rings. The molecule has 1 aliphatic carbocycles. The number of fused-ring (bicyclic) bond motifs is 1. The number of aromatic nitrogens is 3. The van der Waals surface area contributed by atoms with Crippen molar-refractivity contribution in [2.45, 2.75) is 72.3 Å². The van der Waals surface area contributed by atoms with Crippen molar-refractivity contribution in [3.05, 3.63) is 48.0 Å². The van der Waals surface area contributed by atoms with Crippen molar-refractivity contribution >= 4 is 22.6 Å². The Morgan fingerprint density at radius 3 is 2.71 bits per heavy atom. The zero-order valence-corrected chi connectivity index (χ0v) is 21.1. The molecule has 3 heterocycles. The van der Waals surface area contributed by atoms with Crippen molar-refractivity contribution in [2.24, 2.45) is 11.8 Å². The fraction of sp³-hybridized carbons (Fsp3) is 0.536. The predicted molar refractivity (Wildman–Crippen MR) is 137 cm³/mol. The van der Waals surface area contributed by atoms with Crippen LogP contribution in [0, 0.1) is 11.8 Å². The highest BCUT2D eigenvalue weighted by molar-refractivity contribution is 5.94. The highest BCUT2D eigenvalue weighted by atomic mass is 16.5. The lowest BCUT2D eigenvalue weighted by Gasteiger charge is -2.23. The van der Waals surface area contributed by atoms with Crippen LogP contribution < -0.4 is 9.64 Å². The maximum atomic E-state index is 12.6. The molecule has 0 spiro atoms. The van der Waals surface area contributed by atoms with Gasteiger partial charge in [-0.15, -0.1) is 0 Å². The summed E-state index contributed by atoms with van der Waals surface area (Å²) in [6, 6.07) is 8.27. The molecule has 3 aromatic rings. The van der Waals surface area contributed by atoms with Gasteiger partial charge in [0.25, 0.3) is 0 Å². The van der Waals surface area contributed by atoms with Crippen molar-refractivity contribution in [1.29, 1.82) is 0 Å². The average Bonchev–Trinajstić information content (AvgIpc) is 3.15.